The Morgan fingerprint density at radius 1 is 1.44 bits per heavy atom. The first-order valence-electron chi connectivity index (χ1n) is 5.69. The molecule has 1 N–H and O–H groups in total. The molecule has 4 heteroatoms. The van der Waals surface area contributed by atoms with Crippen LogP contribution < -0.4 is 10.1 Å². The number of nitrogens with one attached hydrogen (secondary N) is 1. The third-order valence-corrected chi connectivity index (χ3v) is 2.92. The van der Waals surface area contributed by atoms with Gasteiger partial charge in [-0.3, -0.25) is 0 Å². The van der Waals surface area contributed by atoms with Crippen LogP contribution in [0.5, 0.6) is 5.88 Å². The smallest absolute Gasteiger partial charge is 0.216 e. The predicted molar refractivity (Wildman–Crippen MR) is 64.9 cm³/mol. The van der Waals surface area contributed by atoms with Crippen LogP contribution >= 0.6 is 0 Å². The van der Waals surface area contributed by atoms with Gasteiger partial charge in [-0.05, 0) is 20.4 Å². The van der Waals surface area contributed by atoms with Crippen molar-refractivity contribution in [3.05, 3.63) is 17.6 Å². The van der Waals surface area contributed by atoms with Crippen LogP contribution in [0.3, 0.4) is 0 Å². The third-order valence-electron chi connectivity index (χ3n) is 2.92. The molecule has 0 aliphatic heterocycles. The van der Waals surface area contributed by atoms with E-state index in [0.29, 0.717) is 17.8 Å². The molecule has 90 valence electrons. The zero-order valence-corrected chi connectivity index (χ0v) is 10.7. The summed E-state index contributed by atoms with van der Waals surface area (Å²) in [6, 6.07) is 2.34. The van der Waals surface area contributed by atoms with Crippen molar-refractivity contribution >= 4 is 0 Å². The summed E-state index contributed by atoms with van der Waals surface area (Å²) >= 11 is 0. The molecule has 0 spiro atoms. The van der Waals surface area contributed by atoms with Gasteiger partial charge in [-0.1, -0.05) is 13.8 Å². The molecule has 2 unspecified atom stereocenters. The second-order valence-electron chi connectivity index (χ2n) is 3.97. The quantitative estimate of drug-likeness (QED) is 0.828. The van der Waals surface area contributed by atoms with Crippen LogP contribution in [0.15, 0.2) is 6.07 Å². The minimum absolute atomic E-state index is 0.352. The maximum atomic E-state index is 5.16. The summed E-state index contributed by atoms with van der Waals surface area (Å²) in [5.41, 5.74) is 1.03. The van der Waals surface area contributed by atoms with Crippen molar-refractivity contribution in [1.29, 1.82) is 0 Å². The van der Waals surface area contributed by atoms with Crippen molar-refractivity contribution in [2.24, 2.45) is 0 Å². The van der Waals surface area contributed by atoms with Gasteiger partial charge in [0.25, 0.3) is 0 Å². The first-order chi connectivity index (χ1) is 7.62. The zero-order valence-electron chi connectivity index (χ0n) is 10.7. The van der Waals surface area contributed by atoms with E-state index in [2.05, 4.69) is 29.1 Å². The maximum Gasteiger partial charge on any atom is 0.216 e. The second-order valence-corrected chi connectivity index (χ2v) is 3.97. The monoisotopic (exact) mass is 223 g/mol. The van der Waals surface area contributed by atoms with E-state index in [1.807, 2.05) is 20.0 Å². The average Bonchev–Trinajstić information content (AvgIpc) is 2.29. The lowest BCUT2D eigenvalue weighted by molar-refractivity contribution is 0.391. The van der Waals surface area contributed by atoms with Gasteiger partial charge >= 0.3 is 0 Å². The topological polar surface area (TPSA) is 47.0 Å². The van der Waals surface area contributed by atoms with Crippen molar-refractivity contribution in [3.63, 3.8) is 0 Å². The summed E-state index contributed by atoms with van der Waals surface area (Å²) in [6.07, 6.45) is 1.07. The highest BCUT2D eigenvalue weighted by Crippen LogP contribution is 2.21. The van der Waals surface area contributed by atoms with Crippen molar-refractivity contribution < 1.29 is 4.74 Å². The molecule has 0 saturated heterocycles. The number of aromatic nitrogens is 2. The highest BCUT2D eigenvalue weighted by molar-refractivity contribution is 5.20. The Morgan fingerprint density at radius 2 is 2.12 bits per heavy atom. The lowest BCUT2D eigenvalue weighted by atomic mass is 9.96. The van der Waals surface area contributed by atoms with Crippen molar-refractivity contribution in [1.82, 2.24) is 15.3 Å². The molecular formula is C12H21N3O. The van der Waals surface area contributed by atoms with Gasteiger partial charge in [-0.15, -0.1) is 0 Å². The van der Waals surface area contributed by atoms with Crippen molar-refractivity contribution in [2.75, 3.05) is 14.2 Å². The van der Waals surface area contributed by atoms with Gasteiger partial charge in [-0.2, -0.15) is 4.98 Å². The van der Waals surface area contributed by atoms with E-state index in [4.69, 9.17) is 4.74 Å². The molecule has 0 saturated carbocycles. The minimum atomic E-state index is 0.352. The van der Waals surface area contributed by atoms with E-state index in [1.54, 1.807) is 7.11 Å². The Kier molecular flexibility index (Phi) is 4.68. The summed E-state index contributed by atoms with van der Waals surface area (Å²) in [6.45, 7) is 6.23. The van der Waals surface area contributed by atoms with Gasteiger partial charge in [0, 0.05) is 18.0 Å². The number of ether oxygens (including phenoxy) is 1. The molecule has 0 amide bonds. The molecular weight excluding hydrogens is 202 g/mol. The van der Waals surface area contributed by atoms with Crippen LogP contribution in [0.4, 0.5) is 0 Å². The standard InChI is InChI=1S/C12H21N3O/c1-6-10(13-4)8(2)11-7-12(16-5)15-9(3)14-11/h7-8,10,13H,6H2,1-5H3. The van der Waals surface area contributed by atoms with Crippen LogP contribution in [0, 0.1) is 6.92 Å². The Morgan fingerprint density at radius 3 is 2.62 bits per heavy atom. The molecule has 1 aromatic rings. The molecule has 1 aromatic heterocycles. The van der Waals surface area contributed by atoms with Crippen LogP contribution in [-0.2, 0) is 0 Å². The van der Waals surface area contributed by atoms with E-state index in [9.17, 15) is 0 Å². The molecule has 0 aliphatic rings. The molecule has 0 fully saturated rings. The molecule has 0 aromatic carbocycles. The molecule has 1 rings (SSSR count). The average molecular weight is 223 g/mol. The molecule has 1 heterocycles. The summed E-state index contributed by atoms with van der Waals surface area (Å²) < 4.78 is 5.16. The summed E-state index contributed by atoms with van der Waals surface area (Å²) in [5.74, 6) is 1.75. The zero-order chi connectivity index (χ0) is 12.1. The van der Waals surface area contributed by atoms with Crippen molar-refractivity contribution in [2.45, 2.75) is 39.2 Å². The fourth-order valence-corrected chi connectivity index (χ4v) is 1.91. The SMILES string of the molecule is CCC(NC)C(C)c1cc(OC)nc(C)n1. The molecule has 0 bridgehead atoms. The van der Waals surface area contributed by atoms with Crippen molar-refractivity contribution in [3.8, 4) is 5.88 Å². The lowest BCUT2D eigenvalue weighted by Gasteiger charge is -2.22. The number of hydrogen-bond donors (Lipinski definition) is 1. The summed E-state index contributed by atoms with van der Waals surface area (Å²) in [7, 11) is 3.61. The summed E-state index contributed by atoms with van der Waals surface area (Å²) in [4.78, 5) is 8.66. The highest BCUT2D eigenvalue weighted by Gasteiger charge is 2.18. The third kappa shape index (κ3) is 2.92. The number of methoxy groups -OCH3 is 1. The highest BCUT2D eigenvalue weighted by atomic mass is 16.5. The lowest BCUT2D eigenvalue weighted by Crippen LogP contribution is -2.30. The van der Waals surface area contributed by atoms with Gasteiger partial charge in [0.05, 0.1) is 12.8 Å². The van der Waals surface area contributed by atoms with E-state index in [-0.39, 0.29) is 0 Å². The Hall–Kier alpha value is -1.16. The Labute approximate surface area is 97.5 Å². The van der Waals surface area contributed by atoms with Gasteiger partial charge in [0.2, 0.25) is 5.88 Å². The molecule has 16 heavy (non-hydrogen) atoms. The van der Waals surface area contributed by atoms with Gasteiger partial charge < -0.3 is 10.1 Å². The maximum absolute atomic E-state index is 5.16. The van der Waals surface area contributed by atoms with Crippen LogP contribution in [0.2, 0.25) is 0 Å². The normalized spacial score (nSPS) is 14.6. The van der Waals surface area contributed by atoms with Crippen LogP contribution in [0.25, 0.3) is 0 Å². The Bertz CT molecular complexity index is 337. The molecule has 0 radical (unpaired) electrons. The molecule has 2 atom stereocenters. The number of aryl methyl sites for hydroxylation is 1. The van der Waals surface area contributed by atoms with Crippen LogP contribution in [-0.4, -0.2) is 30.2 Å². The number of likely N-dealkylation sites (N-methyl/N-ethyl adjacent to an activating group) is 1. The number of hydrogen-bond acceptors (Lipinski definition) is 4. The van der Waals surface area contributed by atoms with E-state index in [1.165, 1.54) is 0 Å². The van der Waals surface area contributed by atoms with E-state index in [0.717, 1.165) is 17.9 Å². The number of rotatable bonds is 5. The van der Waals surface area contributed by atoms with E-state index < -0.39 is 0 Å². The Balaban J connectivity index is 2.97. The summed E-state index contributed by atoms with van der Waals surface area (Å²) in [5, 5.41) is 3.31. The van der Waals surface area contributed by atoms with Gasteiger partial charge in [-0.25, -0.2) is 4.98 Å². The van der Waals surface area contributed by atoms with Gasteiger partial charge in [0.1, 0.15) is 5.82 Å². The van der Waals surface area contributed by atoms with E-state index >= 15 is 0 Å². The molecule has 0 aliphatic carbocycles. The second kappa shape index (κ2) is 5.80. The largest absolute Gasteiger partial charge is 0.481 e. The fraction of sp³-hybridized carbons (Fsp3) is 0.667. The number of nitrogens with zero attached hydrogens (tertiary/aromatic N) is 2. The predicted octanol–water partition coefficient (Wildman–Crippen LogP) is 1.90. The first-order valence-corrected chi connectivity index (χ1v) is 5.69. The minimum Gasteiger partial charge on any atom is -0.481 e. The fourth-order valence-electron chi connectivity index (χ4n) is 1.91. The van der Waals surface area contributed by atoms with Gasteiger partial charge in [0.15, 0.2) is 0 Å². The first kappa shape index (κ1) is 12.9. The van der Waals surface area contributed by atoms with Crippen LogP contribution in [0.1, 0.15) is 37.7 Å². The molecule has 4 nitrogen and oxygen atoms in total.